The van der Waals surface area contributed by atoms with Gasteiger partial charge < -0.3 is 14.8 Å². The van der Waals surface area contributed by atoms with E-state index in [1.807, 2.05) is 13.8 Å². The number of carbonyl (C=O) groups is 2. The van der Waals surface area contributed by atoms with Crippen LogP contribution < -0.4 is 14.8 Å². The number of amides is 1. The van der Waals surface area contributed by atoms with Crippen molar-refractivity contribution in [2.75, 3.05) is 7.11 Å². The number of methoxy groups -OCH3 is 1. The maximum atomic E-state index is 14.5. The largest absolute Gasteiger partial charge is 0.494 e. The van der Waals surface area contributed by atoms with E-state index in [4.69, 9.17) is 4.74 Å². The van der Waals surface area contributed by atoms with Crippen LogP contribution in [-0.2, 0) is 11.2 Å². The molecule has 3 aromatic rings. The number of fused-ring (bicyclic) bond motifs is 1. The number of nitrogens with one attached hydrogen (secondary N) is 1. The Balaban J connectivity index is 2.11. The first-order valence-corrected chi connectivity index (χ1v) is 9.88. The molecule has 0 aliphatic rings. The standard InChI is InChI=1S/C23H23F3N2O4/c1-12(2)27-21(29)10-16-13(3)28(19-11-18(24)20(31-4)9-17(16)19)22(30)14-5-7-15(8-6-14)32-23(25)26/h5-9,11-12,23H,10H2,1-4H3,(H,27,29). The molecule has 0 fully saturated rings. The number of halogens is 3. The van der Waals surface area contributed by atoms with Crippen molar-refractivity contribution in [3.8, 4) is 11.5 Å². The minimum Gasteiger partial charge on any atom is -0.494 e. The molecule has 0 spiro atoms. The van der Waals surface area contributed by atoms with Crippen LogP contribution in [0.4, 0.5) is 13.2 Å². The van der Waals surface area contributed by atoms with E-state index in [9.17, 15) is 22.8 Å². The summed E-state index contributed by atoms with van der Waals surface area (Å²) in [4.78, 5) is 25.7. The predicted molar refractivity (Wildman–Crippen MR) is 113 cm³/mol. The minimum atomic E-state index is -2.98. The second-order valence-electron chi connectivity index (χ2n) is 7.51. The van der Waals surface area contributed by atoms with Gasteiger partial charge in [-0.2, -0.15) is 8.78 Å². The van der Waals surface area contributed by atoms with Crippen LogP contribution >= 0.6 is 0 Å². The molecule has 6 nitrogen and oxygen atoms in total. The van der Waals surface area contributed by atoms with Crippen LogP contribution in [0.25, 0.3) is 10.9 Å². The van der Waals surface area contributed by atoms with Crippen LogP contribution in [0.15, 0.2) is 36.4 Å². The molecule has 1 N–H and O–H groups in total. The Hall–Kier alpha value is -3.49. The molecule has 0 atom stereocenters. The highest BCUT2D eigenvalue weighted by Crippen LogP contribution is 2.32. The van der Waals surface area contributed by atoms with Crippen LogP contribution in [-0.4, -0.2) is 36.1 Å². The third kappa shape index (κ3) is 4.71. The fraction of sp³-hybridized carbons (Fsp3) is 0.304. The zero-order chi connectivity index (χ0) is 23.6. The Labute approximate surface area is 182 Å². The van der Waals surface area contributed by atoms with Crippen LogP contribution in [0.2, 0.25) is 0 Å². The highest BCUT2D eigenvalue weighted by Gasteiger charge is 2.23. The summed E-state index contributed by atoms with van der Waals surface area (Å²) < 4.78 is 50.0. The van der Waals surface area contributed by atoms with Gasteiger partial charge in [-0.25, -0.2) is 4.39 Å². The minimum absolute atomic E-state index is 0.0129. The van der Waals surface area contributed by atoms with Gasteiger partial charge in [-0.15, -0.1) is 0 Å². The summed E-state index contributed by atoms with van der Waals surface area (Å²) in [5, 5.41) is 3.31. The van der Waals surface area contributed by atoms with Crippen LogP contribution in [0, 0.1) is 12.7 Å². The zero-order valence-corrected chi connectivity index (χ0v) is 18.0. The monoisotopic (exact) mass is 448 g/mol. The second-order valence-corrected chi connectivity index (χ2v) is 7.51. The molecule has 9 heteroatoms. The molecular weight excluding hydrogens is 425 g/mol. The zero-order valence-electron chi connectivity index (χ0n) is 18.0. The molecule has 2 aromatic carbocycles. The molecule has 3 rings (SSSR count). The second kappa shape index (κ2) is 9.33. The van der Waals surface area contributed by atoms with Crippen molar-refractivity contribution in [1.29, 1.82) is 0 Å². The average molecular weight is 448 g/mol. The third-order valence-electron chi connectivity index (χ3n) is 4.92. The Bertz CT molecular complexity index is 1150. The number of aromatic nitrogens is 1. The lowest BCUT2D eigenvalue weighted by Gasteiger charge is -2.10. The fourth-order valence-corrected chi connectivity index (χ4v) is 3.56. The highest BCUT2D eigenvalue weighted by atomic mass is 19.3. The molecular formula is C23H23F3N2O4. The summed E-state index contributed by atoms with van der Waals surface area (Å²) in [6.07, 6.45) is -0.0171. The van der Waals surface area contributed by atoms with Gasteiger partial charge in [0.2, 0.25) is 5.91 Å². The van der Waals surface area contributed by atoms with Gasteiger partial charge >= 0.3 is 6.61 Å². The smallest absolute Gasteiger partial charge is 0.387 e. The lowest BCUT2D eigenvalue weighted by molar-refractivity contribution is -0.120. The highest BCUT2D eigenvalue weighted by molar-refractivity contribution is 6.05. The van der Waals surface area contributed by atoms with E-state index in [-0.39, 0.29) is 40.9 Å². The van der Waals surface area contributed by atoms with Gasteiger partial charge in [0.05, 0.1) is 19.0 Å². The van der Waals surface area contributed by atoms with Gasteiger partial charge in [0.1, 0.15) is 5.75 Å². The first-order chi connectivity index (χ1) is 15.1. The third-order valence-corrected chi connectivity index (χ3v) is 4.92. The van der Waals surface area contributed by atoms with Gasteiger partial charge in [0.15, 0.2) is 11.6 Å². The van der Waals surface area contributed by atoms with Crippen molar-refractivity contribution in [2.24, 2.45) is 0 Å². The van der Waals surface area contributed by atoms with Gasteiger partial charge in [-0.3, -0.25) is 14.2 Å². The molecule has 0 saturated heterocycles. The first-order valence-electron chi connectivity index (χ1n) is 9.88. The predicted octanol–water partition coefficient (Wildman–Crippen LogP) is 4.45. The summed E-state index contributed by atoms with van der Waals surface area (Å²) in [5.41, 5.74) is 1.47. The van der Waals surface area contributed by atoms with Crippen molar-refractivity contribution in [3.63, 3.8) is 0 Å². The molecule has 0 unspecified atom stereocenters. The van der Waals surface area contributed by atoms with Crippen molar-refractivity contribution in [1.82, 2.24) is 9.88 Å². The molecule has 0 aliphatic carbocycles. The van der Waals surface area contributed by atoms with E-state index in [1.54, 1.807) is 6.92 Å². The number of nitrogens with zero attached hydrogens (tertiary/aromatic N) is 1. The number of benzene rings is 2. The maximum Gasteiger partial charge on any atom is 0.387 e. The van der Waals surface area contributed by atoms with Gasteiger partial charge in [-0.1, -0.05) is 0 Å². The fourth-order valence-electron chi connectivity index (χ4n) is 3.56. The number of ether oxygens (including phenoxy) is 2. The first kappa shape index (κ1) is 23.2. The Kier molecular flexibility index (Phi) is 6.76. The number of carbonyl (C=O) groups excluding carboxylic acids is 2. The molecule has 1 amide bonds. The normalized spacial score (nSPS) is 11.3. The van der Waals surface area contributed by atoms with Crippen molar-refractivity contribution in [3.05, 3.63) is 59.0 Å². The van der Waals surface area contributed by atoms with Crippen LogP contribution in [0.3, 0.4) is 0 Å². The molecule has 170 valence electrons. The summed E-state index contributed by atoms with van der Waals surface area (Å²) in [5.74, 6) is -1.51. The summed E-state index contributed by atoms with van der Waals surface area (Å²) in [6.45, 7) is 2.34. The van der Waals surface area contributed by atoms with E-state index < -0.39 is 18.3 Å². The van der Waals surface area contributed by atoms with E-state index in [0.717, 1.165) is 0 Å². The molecule has 0 radical (unpaired) electrons. The van der Waals surface area contributed by atoms with E-state index in [1.165, 1.54) is 48.1 Å². The number of alkyl halides is 2. The van der Waals surface area contributed by atoms with Crippen molar-refractivity contribution in [2.45, 2.75) is 39.8 Å². The topological polar surface area (TPSA) is 69.6 Å². The lowest BCUT2D eigenvalue weighted by atomic mass is 10.1. The van der Waals surface area contributed by atoms with Crippen molar-refractivity contribution >= 4 is 22.7 Å². The Morgan fingerprint density at radius 3 is 2.34 bits per heavy atom. The summed E-state index contributed by atoms with van der Waals surface area (Å²) in [7, 11) is 1.33. The SMILES string of the molecule is COc1cc2c(CC(=O)NC(C)C)c(C)n(C(=O)c3ccc(OC(F)F)cc3)c2cc1F. The van der Waals surface area contributed by atoms with Gasteiger partial charge in [-0.05, 0) is 56.7 Å². The molecule has 0 bridgehead atoms. The summed E-state index contributed by atoms with van der Waals surface area (Å²) in [6, 6.07) is 7.75. The average Bonchev–Trinajstić information content (AvgIpc) is 2.96. The van der Waals surface area contributed by atoms with Crippen LogP contribution in [0.5, 0.6) is 11.5 Å². The van der Waals surface area contributed by atoms with Gasteiger partial charge in [0, 0.05) is 28.8 Å². The Morgan fingerprint density at radius 1 is 1.12 bits per heavy atom. The molecule has 1 heterocycles. The quantitative estimate of drug-likeness (QED) is 0.580. The van der Waals surface area contributed by atoms with E-state index in [0.29, 0.717) is 16.6 Å². The molecule has 1 aromatic heterocycles. The number of rotatable bonds is 7. The molecule has 0 aliphatic heterocycles. The van der Waals surface area contributed by atoms with Crippen molar-refractivity contribution < 1.29 is 32.2 Å². The Morgan fingerprint density at radius 2 is 1.78 bits per heavy atom. The summed E-state index contributed by atoms with van der Waals surface area (Å²) >= 11 is 0. The van der Waals surface area contributed by atoms with E-state index in [2.05, 4.69) is 10.1 Å². The number of hydrogen-bond acceptors (Lipinski definition) is 4. The molecule has 0 saturated carbocycles. The van der Waals surface area contributed by atoms with Crippen LogP contribution in [0.1, 0.15) is 35.5 Å². The maximum absolute atomic E-state index is 14.5. The van der Waals surface area contributed by atoms with Gasteiger partial charge in [0.25, 0.3) is 5.91 Å². The van der Waals surface area contributed by atoms with E-state index >= 15 is 0 Å². The number of hydrogen-bond donors (Lipinski definition) is 1. The lowest BCUT2D eigenvalue weighted by Crippen LogP contribution is -2.31. The molecule has 32 heavy (non-hydrogen) atoms.